The summed E-state index contributed by atoms with van der Waals surface area (Å²) in [4.78, 5) is 1.30. The van der Waals surface area contributed by atoms with E-state index in [1.54, 1.807) is 11.8 Å². The molecule has 0 bridgehead atoms. The SMILES string of the molecule is CSc1ccc2c(c1)c(CC[NH3+])c(C)n2Cc1ccccc1Cl.[Cl-]. The summed E-state index contributed by atoms with van der Waals surface area (Å²) in [7, 11) is 0. The van der Waals surface area contributed by atoms with E-state index in [-0.39, 0.29) is 12.4 Å². The molecule has 3 rings (SSSR count). The highest BCUT2D eigenvalue weighted by Crippen LogP contribution is 2.31. The summed E-state index contributed by atoms with van der Waals surface area (Å²) < 4.78 is 2.38. The summed E-state index contributed by atoms with van der Waals surface area (Å²) in [5, 5.41) is 2.18. The van der Waals surface area contributed by atoms with Crippen molar-refractivity contribution in [1.82, 2.24) is 4.57 Å². The average Bonchev–Trinajstić information content (AvgIpc) is 2.82. The molecule has 1 aromatic heterocycles. The maximum atomic E-state index is 6.37. The molecule has 0 saturated heterocycles. The second kappa shape index (κ2) is 8.30. The second-order valence-corrected chi connectivity index (χ2v) is 7.02. The summed E-state index contributed by atoms with van der Waals surface area (Å²) in [5.74, 6) is 0. The Morgan fingerprint density at radius 2 is 1.92 bits per heavy atom. The van der Waals surface area contributed by atoms with E-state index in [0.717, 1.165) is 30.1 Å². The lowest BCUT2D eigenvalue weighted by atomic mass is 10.1. The number of thioether (sulfide) groups is 1. The number of halogens is 2. The van der Waals surface area contributed by atoms with Crippen molar-refractivity contribution in [2.45, 2.75) is 24.8 Å². The third-order valence-corrected chi connectivity index (χ3v) is 5.47. The molecule has 0 aliphatic heterocycles. The quantitative estimate of drug-likeness (QED) is 0.661. The fraction of sp³-hybridized carbons (Fsp3) is 0.263. The number of fused-ring (bicyclic) bond motifs is 1. The molecule has 0 aliphatic rings. The van der Waals surface area contributed by atoms with Crippen molar-refractivity contribution >= 4 is 34.3 Å². The standard InChI is InChI=1S/C19H21ClN2S.ClH/c1-13-16(9-10-21)17-11-15(23-2)7-8-19(17)22(13)12-14-5-3-4-6-18(14)20;/h3-8,11H,9-10,12,21H2,1-2H3;1H. The molecule has 0 spiro atoms. The normalized spacial score (nSPS) is 10.8. The zero-order chi connectivity index (χ0) is 16.4. The number of hydrogen-bond donors (Lipinski definition) is 1. The van der Waals surface area contributed by atoms with Crippen LogP contribution in [0.15, 0.2) is 47.4 Å². The van der Waals surface area contributed by atoms with Gasteiger partial charge >= 0.3 is 0 Å². The van der Waals surface area contributed by atoms with E-state index < -0.39 is 0 Å². The van der Waals surface area contributed by atoms with Gasteiger partial charge in [-0.15, -0.1) is 11.8 Å². The molecule has 5 heteroatoms. The third kappa shape index (κ3) is 3.60. The van der Waals surface area contributed by atoms with Crippen molar-refractivity contribution in [2.75, 3.05) is 12.8 Å². The molecule has 0 aliphatic carbocycles. The molecular weight excluding hydrogens is 359 g/mol. The molecule has 2 nitrogen and oxygen atoms in total. The van der Waals surface area contributed by atoms with Gasteiger partial charge in [0.15, 0.2) is 0 Å². The summed E-state index contributed by atoms with van der Waals surface area (Å²) in [6.45, 7) is 3.92. The van der Waals surface area contributed by atoms with Gasteiger partial charge < -0.3 is 22.7 Å². The Hall–Kier alpha value is -1.13. The summed E-state index contributed by atoms with van der Waals surface area (Å²) >= 11 is 8.15. The van der Waals surface area contributed by atoms with E-state index in [1.165, 1.54) is 27.1 Å². The predicted octanol–water partition coefficient (Wildman–Crippen LogP) is 1.16. The van der Waals surface area contributed by atoms with Crippen LogP contribution in [-0.4, -0.2) is 17.4 Å². The molecule has 0 atom stereocenters. The monoisotopic (exact) mass is 380 g/mol. The van der Waals surface area contributed by atoms with E-state index in [2.05, 4.69) is 47.7 Å². The van der Waals surface area contributed by atoms with Gasteiger partial charge in [-0.05, 0) is 48.6 Å². The molecule has 3 N–H and O–H groups in total. The van der Waals surface area contributed by atoms with Crippen LogP contribution in [0.3, 0.4) is 0 Å². The Bertz CT molecular complexity index is 843. The van der Waals surface area contributed by atoms with E-state index >= 15 is 0 Å². The van der Waals surface area contributed by atoms with Crippen LogP contribution in [0.25, 0.3) is 10.9 Å². The highest BCUT2D eigenvalue weighted by molar-refractivity contribution is 7.98. The molecule has 0 saturated carbocycles. The first-order valence-electron chi connectivity index (χ1n) is 7.84. The van der Waals surface area contributed by atoms with Crippen LogP contribution in [0.2, 0.25) is 5.02 Å². The molecule has 0 unspecified atom stereocenters. The lowest BCUT2D eigenvalue weighted by Gasteiger charge is -2.10. The molecule has 0 radical (unpaired) electrons. The van der Waals surface area contributed by atoms with Crippen molar-refractivity contribution < 1.29 is 18.1 Å². The first-order valence-corrected chi connectivity index (χ1v) is 9.44. The highest BCUT2D eigenvalue weighted by atomic mass is 35.5. The van der Waals surface area contributed by atoms with Crippen molar-refractivity contribution in [3.63, 3.8) is 0 Å². The lowest BCUT2D eigenvalue weighted by Crippen LogP contribution is -3.00. The Morgan fingerprint density at radius 1 is 1.17 bits per heavy atom. The molecule has 1 heterocycles. The van der Waals surface area contributed by atoms with Crippen LogP contribution in [0.4, 0.5) is 0 Å². The van der Waals surface area contributed by atoms with Gasteiger partial charge in [-0.2, -0.15) is 0 Å². The first kappa shape index (κ1) is 19.2. The van der Waals surface area contributed by atoms with Gasteiger partial charge in [-0.1, -0.05) is 29.8 Å². The van der Waals surface area contributed by atoms with Crippen molar-refractivity contribution in [1.29, 1.82) is 0 Å². The second-order valence-electron chi connectivity index (χ2n) is 5.73. The predicted molar refractivity (Wildman–Crippen MR) is 100 cm³/mol. The zero-order valence-corrected chi connectivity index (χ0v) is 16.3. The molecule has 2 aromatic carbocycles. The molecular formula is C19H22Cl2N2S. The van der Waals surface area contributed by atoms with Crippen molar-refractivity contribution in [3.8, 4) is 0 Å². The maximum absolute atomic E-state index is 6.37. The van der Waals surface area contributed by atoms with Crippen LogP contribution in [0.5, 0.6) is 0 Å². The van der Waals surface area contributed by atoms with Crippen LogP contribution < -0.4 is 18.1 Å². The van der Waals surface area contributed by atoms with Gasteiger partial charge in [0.2, 0.25) is 0 Å². The van der Waals surface area contributed by atoms with Crippen LogP contribution in [0.1, 0.15) is 16.8 Å². The van der Waals surface area contributed by atoms with Gasteiger partial charge in [0.25, 0.3) is 0 Å². The third-order valence-electron chi connectivity index (χ3n) is 4.37. The molecule has 0 amide bonds. The minimum absolute atomic E-state index is 0. The van der Waals surface area contributed by atoms with Gasteiger partial charge in [0.05, 0.1) is 6.54 Å². The number of benzene rings is 2. The Kier molecular flexibility index (Phi) is 6.64. The fourth-order valence-electron chi connectivity index (χ4n) is 3.15. The van der Waals surface area contributed by atoms with Crippen LogP contribution >= 0.6 is 23.4 Å². The van der Waals surface area contributed by atoms with E-state index in [4.69, 9.17) is 11.6 Å². The zero-order valence-electron chi connectivity index (χ0n) is 14.0. The fourth-order valence-corrected chi connectivity index (χ4v) is 3.79. The van der Waals surface area contributed by atoms with E-state index in [1.807, 2.05) is 18.2 Å². The van der Waals surface area contributed by atoms with Crippen molar-refractivity contribution in [2.24, 2.45) is 0 Å². The van der Waals surface area contributed by atoms with Gasteiger partial charge in [0, 0.05) is 39.5 Å². The molecule has 128 valence electrons. The van der Waals surface area contributed by atoms with Crippen LogP contribution in [0, 0.1) is 6.92 Å². The largest absolute Gasteiger partial charge is 1.00 e. The number of nitrogens with zero attached hydrogens (tertiary/aromatic N) is 1. The lowest BCUT2D eigenvalue weighted by molar-refractivity contribution is -0.366. The molecule has 24 heavy (non-hydrogen) atoms. The summed E-state index contributed by atoms with van der Waals surface area (Å²) in [6.07, 6.45) is 3.13. The molecule has 0 fully saturated rings. The Labute approximate surface area is 158 Å². The number of quaternary nitrogens is 1. The van der Waals surface area contributed by atoms with Gasteiger partial charge in [-0.3, -0.25) is 0 Å². The Balaban J connectivity index is 0.00000208. The van der Waals surface area contributed by atoms with E-state index in [9.17, 15) is 0 Å². The average molecular weight is 381 g/mol. The van der Waals surface area contributed by atoms with E-state index in [0.29, 0.717) is 0 Å². The van der Waals surface area contributed by atoms with Gasteiger partial charge in [-0.25, -0.2) is 0 Å². The smallest absolute Gasteiger partial charge is 0.0781 e. The summed E-state index contributed by atoms with van der Waals surface area (Å²) in [5.41, 5.74) is 9.22. The highest BCUT2D eigenvalue weighted by Gasteiger charge is 2.15. The number of aromatic nitrogens is 1. The minimum atomic E-state index is 0. The van der Waals surface area contributed by atoms with Crippen molar-refractivity contribution in [3.05, 3.63) is 64.3 Å². The molecule has 3 aromatic rings. The Morgan fingerprint density at radius 3 is 2.58 bits per heavy atom. The summed E-state index contributed by atoms with van der Waals surface area (Å²) in [6, 6.07) is 14.8. The number of hydrogen-bond acceptors (Lipinski definition) is 1. The number of rotatable bonds is 5. The van der Waals surface area contributed by atoms with Crippen LogP contribution in [-0.2, 0) is 13.0 Å². The maximum Gasteiger partial charge on any atom is 0.0781 e. The first-order chi connectivity index (χ1) is 11.2. The topological polar surface area (TPSA) is 32.6 Å². The minimum Gasteiger partial charge on any atom is -1.00 e. The van der Waals surface area contributed by atoms with Gasteiger partial charge in [0.1, 0.15) is 0 Å².